The van der Waals surface area contributed by atoms with Gasteiger partial charge >= 0.3 is 0 Å². The molecule has 3 aromatic carbocycles. The molecule has 5 nitrogen and oxygen atoms in total. The number of halogens is 1. The van der Waals surface area contributed by atoms with E-state index in [0.29, 0.717) is 17.2 Å². The van der Waals surface area contributed by atoms with Crippen LogP contribution in [-0.2, 0) is 22.6 Å². The SMILES string of the molecule is Cc1ccc(OCC(=O)N(Cc2ccc(Cl)cc2)C(Cc2ccccc2)C(=O)NC(C)C)c(C)c1. The van der Waals surface area contributed by atoms with Crippen molar-refractivity contribution in [2.45, 2.75) is 52.7 Å². The second kappa shape index (κ2) is 12.4. The summed E-state index contributed by atoms with van der Waals surface area (Å²) in [5.74, 6) is 0.194. The number of benzene rings is 3. The van der Waals surface area contributed by atoms with Crippen molar-refractivity contribution in [2.24, 2.45) is 0 Å². The zero-order valence-corrected chi connectivity index (χ0v) is 21.5. The monoisotopic (exact) mass is 492 g/mol. The summed E-state index contributed by atoms with van der Waals surface area (Å²) >= 11 is 6.07. The fourth-order valence-electron chi connectivity index (χ4n) is 3.90. The molecule has 0 bridgehead atoms. The number of aryl methyl sites for hydroxylation is 2. The fourth-order valence-corrected chi connectivity index (χ4v) is 4.03. The first-order valence-corrected chi connectivity index (χ1v) is 12.2. The van der Waals surface area contributed by atoms with Crippen LogP contribution in [-0.4, -0.2) is 35.4 Å². The van der Waals surface area contributed by atoms with Crippen LogP contribution in [0.1, 0.15) is 36.1 Å². The molecule has 184 valence electrons. The molecule has 35 heavy (non-hydrogen) atoms. The van der Waals surface area contributed by atoms with Crippen LogP contribution in [0.2, 0.25) is 5.02 Å². The Morgan fingerprint density at radius 2 is 1.63 bits per heavy atom. The summed E-state index contributed by atoms with van der Waals surface area (Å²) in [6.45, 7) is 7.87. The minimum atomic E-state index is -0.703. The number of hydrogen-bond donors (Lipinski definition) is 1. The topological polar surface area (TPSA) is 58.6 Å². The van der Waals surface area contributed by atoms with E-state index in [9.17, 15) is 9.59 Å². The Morgan fingerprint density at radius 3 is 2.26 bits per heavy atom. The fraction of sp³-hybridized carbons (Fsp3) is 0.310. The van der Waals surface area contributed by atoms with E-state index in [2.05, 4.69) is 5.32 Å². The molecule has 0 aliphatic rings. The number of carbonyl (C=O) groups is 2. The summed E-state index contributed by atoms with van der Waals surface area (Å²) < 4.78 is 5.91. The maximum Gasteiger partial charge on any atom is 0.261 e. The first kappa shape index (κ1) is 26.3. The van der Waals surface area contributed by atoms with Crippen LogP contribution in [0.5, 0.6) is 5.75 Å². The lowest BCUT2D eigenvalue weighted by Crippen LogP contribution is -2.52. The molecule has 3 aromatic rings. The van der Waals surface area contributed by atoms with E-state index in [1.165, 1.54) is 0 Å². The second-order valence-corrected chi connectivity index (χ2v) is 9.51. The van der Waals surface area contributed by atoms with Gasteiger partial charge in [-0.15, -0.1) is 0 Å². The quantitative estimate of drug-likeness (QED) is 0.406. The Kier molecular flexibility index (Phi) is 9.32. The van der Waals surface area contributed by atoms with Crippen LogP contribution in [0.15, 0.2) is 72.8 Å². The van der Waals surface area contributed by atoms with Crippen molar-refractivity contribution >= 4 is 23.4 Å². The molecule has 0 aromatic heterocycles. The molecule has 3 rings (SSSR count). The van der Waals surface area contributed by atoms with E-state index in [1.807, 2.05) is 88.4 Å². The molecule has 1 N–H and O–H groups in total. The van der Waals surface area contributed by atoms with E-state index >= 15 is 0 Å². The number of nitrogens with one attached hydrogen (secondary N) is 1. The highest BCUT2D eigenvalue weighted by Gasteiger charge is 2.31. The maximum atomic E-state index is 13.6. The summed E-state index contributed by atoms with van der Waals surface area (Å²) in [4.78, 5) is 28.5. The average Bonchev–Trinajstić information content (AvgIpc) is 2.82. The van der Waals surface area contributed by atoms with Crippen molar-refractivity contribution in [3.63, 3.8) is 0 Å². The molecule has 1 unspecified atom stereocenters. The van der Waals surface area contributed by atoms with Crippen molar-refractivity contribution in [3.8, 4) is 5.75 Å². The van der Waals surface area contributed by atoms with E-state index in [-0.39, 0.29) is 31.0 Å². The van der Waals surface area contributed by atoms with Gasteiger partial charge in [0.2, 0.25) is 5.91 Å². The third-order valence-electron chi connectivity index (χ3n) is 5.65. The van der Waals surface area contributed by atoms with Crippen LogP contribution in [0, 0.1) is 13.8 Å². The van der Waals surface area contributed by atoms with E-state index in [0.717, 1.165) is 22.3 Å². The molecule has 2 amide bonds. The van der Waals surface area contributed by atoms with Gasteiger partial charge in [0, 0.05) is 24.0 Å². The van der Waals surface area contributed by atoms with Crippen LogP contribution in [0.4, 0.5) is 0 Å². The largest absolute Gasteiger partial charge is 0.483 e. The molecule has 0 spiro atoms. The van der Waals surface area contributed by atoms with Crippen molar-refractivity contribution in [2.75, 3.05) is 6.61 Å². The van der Waals surface area contributed by atoms with Crippen LogP contribution in [0.3, 0.4) is 0 Å². The zero-order valence-electron chi connectivity index (χ0n) is 20.8. The van der Waals surface area contributed by atoms with Crippen molar-refractivity contribution in [3.05, 3.63) is 100 Å². The summed E-state index contributed by atoms with van der Waals surface area (Å²) in [6.07, 6.45) is 0.391. The van der Waals surface area contributed by atoms with Gasteiger partial charge in [0.05, 0.1) is 0 Å². The lowest BCUT2D eigenvalue weighted by atomic mass is 10.0. The van der Waals surface area contributed by atoms with Gasteiger partial charge in [-0.1, -0.05) is 71.8 Å². The van der Waals surface area contributed by atoms with E-state index in [1.54, 1.807) is 17.0 Å². The minimum absolute atomic E-state index is 0.0558. The Labute approximate surface area is 213 Å². The van der Waals surface area contributed by atoms with Crippen LogP contribution in [0.25, 0.3) is 0 Å². The van der Waals surface area contributed by atoms with Crippen molar-refractivity contribution < 1.29 is 14.3 Å². The molecule has 0 fully saturated rings. The highest BCUT2D eigenvalue weighted by Crippen LogP contribution is 2.20. The van der Waals surface area contributed by atoms with Crippen LogP contribution < -0.4 is 10.1 Å². The Balaban J connectivity index is 1.91. The molecule has 1 atom stereocenters. The summed E-state index contributed by atoms with van der Waals surface area (Å²) in [5.41, 5.74) is 3.93. The lowest BCUT2D eigenvalue weighted by Gasteiger charge is -2.32. The number of rotatable bonds is 10. The molecule has 0 aliphatic heterocycles. The van der Waals surface area contributed by atoms with Gasteiger partial charge < -0.3 is 15.0 Å². The summed E-state index contributed by atoms with van der Waals surface area (Å²) in [5, 5.41) is 3.60. The van der Waals surface area contributed by atoms with Gasteiger partial charge in [-0.25, -0.2) is 0 Å². The highest BCUT2D eigenvalue weighted by atomic mass is 35.5. The second-order valence-electron chi connectivity index (χ2n) is 9.07. The average molecular weight is 493 g/mol. The predicted octanol–water partition coefficient (Wildman–Crippen LogP) is 5.50. The number of carbonyl (C=O) groups excluding carboxylic acids is 2. The Hall–Kier alpha value is -3.31. The van der Waals surface area contributed by atoms with Gasteiger partial charge in [0.15, 0.2) is 6.61 Å². The molecule has 0 saturated heterocycles. The molecule has 6 heteroatoms. The third kappa shape index (κ3) is 7.86. The molecular weight excluding hydrogens is 460 g/mol. The van der Waals surface area contributed by atoms with Crippen molar-refractivity contribution in [1.82, 2.24) is 10.2 Å². The Morgan fingerprint density at radius 1 is 0.943 bits per heavy atom. The standard InChI is InChI=1S/C29H33ClN2O3/c1-20(2)31-29(34)26(17-23-8-6-5-7-9-23)32(18-24-11-13-25(30)14-12-24)28(33)19-35-27-15-10-21(3)16-22(27)4/h5-16,20,26H,17-19H2,1-4H3,(H,31,34). The minimum Gasteiger partial charge on any atom is -0.483 e. The number of hydrogen-bond acceptors (Lipinski definition) is 3. The van der Waals surface area contributed by atoms with Gasteiger partial charge in [0.1, 0.15) is 11.8 Å². The number of ether oxygens (including phenoxy) is 1. The van der Waals surface area contributed by atoms with Gasteiger partial charge in [-0.05, 0) is 62.6 Å². The van der Waals surface area contributed by atoms with Crippen LogP contribution >= 0.6 is 11.6 Å². The zero-order chi connectivity index (χ0) is 25.4. The molecule has 0 aliphatic carbocycles. The smallest absolute Gasteiger partial charge is 0.261 e. The van der Waals surface area contributed by atoms with Gasteiger partial charge in [0.25, 0.3) is 5.91 Å². The Bertz CT molecular complexity index is 1130. The van der Waals surface area contributed by atoms with E-state index in [4.69, 9.17) is 16.3 Å². The predicted molar refractivity (Wildman–Crippen MR) is 141 cm³/mol. The van der Waals surface area contributed by atoms with E-state index < -0.39 is 6.04 Å². The maximum absolute atomic E-state index is 13.6. The van der Waals surface area contributed by atoms with Gasteiger partial charge in [-0.3, -0.25) is 9.59 Å². The number of amides is 2. The number of nitrogens with zero attached hydrogens (tertiary/aromatic N) is 1. The van der Waals surface area contributed by atoms with Crippen molar-refractivity contribution in [1.29, 1.82) is 0 Å². The molecule has 0 radical (unpaired) electrons. The molecule has 0 heterocycles. The lowest BCUT2D eigenvalue weighted by molar-refractivity contribution is -0.143. The molecular formula is C29H33ClN2O3. The molecule has 0 saturated carbocycles. The van der Waals surface area contributed by atoms with Gasteiger partial charge in [-0.2, -0.15) is 0 Å². The summed E-state index contributed by atoms with van der Waals surface area (Å²) in [6, 6.07) is 22.1. The first-order chi connectivity index (χ1) is 16.7. The highest BCUT2D eigenvalue weighted by molar-refractivity contribution is 6.30. The first-order valence-electron chi connectivity index (χ1n) is 11.8. The normalized spacial score (nSPS) is 11.7. The summed E-state index contributed by atoms with van der Waals surface area (Å²) in [7, 11) is 0. The third-order valence-corrected chi connectivity index (χ3v) is 5.90.